The van der Waals surface area contributed by atoms with Gasteiger partial charge in [-0.15, -0.1) is 0 Å². The molecule has 0 aliphatic rings. The largest absolute Gasteiger partial charge is 0.497 e. The van der Waals surface area contributed by atoms with E-state index < -0.39 is 5.82 Å². The highest BCUT2D eigenvalue weighted by Crippen LogP contribution is 2.30. The van der Waals surface area contributed by atoms with Gasteiger partial charge in [-0.3, -0.25) is 4.57 Å². The van der Waals surface area contributed by atoms with Crippen molar-refractivity contribution in [3.63, 3.8) is 0 Å². The van der Waals surface area contributed by atoms with Gasteiger partial charge in [0.15, 0.2) is 0 Å². The SMILES string of the molecule is COc1cc(Br)cc(-n2c(N)nc3cc(Cl)c(F)cc32)c1. The van der Waals surface area contributed by atoms with Crippen LogP contribution in [0, 0.1) is 5.82 Å². The lowest BCUT2D eigenvalue weighted by Gasteiger charge is -2.09. The molecule has 3 aromatic rings. The molecule has 0 aliphatic heterocycles. The Morgan fingerprint density at radius 1 is 1.29 bits per heavy atom. The van der Waals surface area contributed by atoms with Gasteiger partial charge in [-0.05, 0) is 18.2 Å². The van der Waals surface area contributed by atoms with E-state index in [1.54, 1.807) is 17.7 Å². The first-order valence-electron chi connectivity index (χ1n) is 5.97. The fourth-order valence-corrected chi connectivity index (χ4v) is 2.78. The average molecular weight is 371 g/mol. The minimum Gasteiger partial charge on any atom is -0.497 e. The maximum absolute atomic E-state index is 13.7. The number of aromatic nitrogens is 2. The summed E-state index contributed by atoms with van der Waals surface area (Å²) >= 11 is 9.18. The summed E-state index contributed by atoms with van der Waals surface area (Å²) in [5.74, 6) is 0.370. The van der Waals surface area contributed by atoms with Crippen molar-refractivity contribution in [2.75, 3.05) is 12.8 Å². The maximum atomic E-state index is 13.7. The molecular formula is C14H10BrClFN3O. The summed E-state index contributed by atoms with van der Waals surface area (Å²) in [7, 11) is 1.57. The summed E-state index contributed by atoms with van der Waals surface area (Å²) in [6.45, 7) is 0. The highest BCUT2D eigenvalue weighted by atomic mass is 79.9. The molecule has 0 unspecified atom stereocenters. The highest BCUT2D eigenvalue weighted by molar-refractivity contribution is 9.10. The molecular weight excluding hydrogens is 361 g/mol. The zero-order valence-corrected chi connectivity index (χ0v) is 13.2. The molecule has 1 heterocycles. The van der Waals surface area contributed by atoms with Crippen LogP contribution >= 0.6 is 27.5 Å². The van der Waals surface area contributed by atoms with Gasteiger partial charge in [0.2, 0.25) is 5.95 Å². The predicted molar refractivity (Wildman–Crippen MR) is 84.7 cm³/mol. The summed E-state index contributed by atoms with van der Waals surface area (Å²) in [6, 6.07) is 8.21. The lowest BCUT2D eigenvalue weighted by molar-refractivity contribution is 0.414. The summed E-state index contributed by atoms with van der Waals surface area (Å²) < 4.78 is 21.4. The lowest BCUT2D eigenvalue weighted by atomic mass is 10.2. The highest BCUT2D eigenvalue weighted by Gasteiger charge is 2.14. The number of nitrogens with two attached hydrogens (primary N) is 1. The Morgan fingerprint density at radius 2 is 2.05 bits per heavy atom. The second kappa shape index (κ2) is 5.20. The van der Waals surface area contributed by atoms with Gasteiger partial charge in [-0.1, -0.05) is 27.5 Å². The molecule has 0 saturated heterocycles. The Morgan fingerprint density at radius 3 is 2.76 bits per heavy atom. The molecule has 0 aliphatic carbocycles. The van der Waals surface area contributed by atoms with E-state index in [4.69, 9.17) is 22.1 Å². The van der Waals surface area contributed by atoms with Gasteiger partial charge >= 0.3 is 0 Å². The first kappa shape index (κ1) is 14.2. The van der Waals surface area contributed by atoms with Crippen LogP contribution < -0.4 is 10.5 Å². The summed E-state index contributed by atoms with van der Waals surface area (Å²) in [5.41, 5.74) is 7.73. The van der Waals surface area contributed by atoms with E-state index in [0.717, 1.165) is 4.47 Å². The van der Waals surface area contributed by atoms with Crippen LogP contribution in [0.25, 0.3) is 16.7 Å². The number of anilines is 1. The van der Waals surface area contributed by atoms with Crippen molar-refractivity contribution in [2.24, 2.45) is 0 Å². The van der Waals surface area contributed by atoms with Gasteiger partial charge in [0.05, 0.1) is 28.9 Å². The quantitative estimate of drug-likeness (QED) is 0.736. The number of rotatable bonds is 2. The molecule has 0 bridgehead atoms. The number of hydrogen-bond acceptors (Lipinski definition) is 3. The van der Waals surface area contributed by atoms with Crippen molar-refractivity contribution < 1.29 is 9.13 Å². The Labute approximate surface area is 133 Å². The van der Waals surface area contributed by atoms with Crippen molar-refractivity contribution in [3.8, 4) is 11.4 Å². The van der Waals surface area contributed by atoms with Crippen LogP contribution in [0.1, 0.15) is 0 Å². The second-order valence-electron chi connectivity index (χ2n) is 4.41. The number of halogens is 3. The summed E-state index contributed by atoms with van der Waals surface area (Å²) in [4.78, 5) is 4.21. The number of hydrogen-bond donors (Lipinski definition) is 1. The van der Waals surface area contributed by atoms with E-state index in [2.05, 4.69) is 20.9 Å². The Hall–Kier alpha value is -1.79. The fourth-order valence-electron chi connectivity index (χ4n) is 2.16. The van der Waals surface area contributed by atoms with Crippen LogP contribution in [0.2, 0.25) is 5.02 Å². The predicted octanol–water partition coefficient (Wildman–Crippen LogP) is 4.17. The molecule has 21 heavy (non-hydrogen) atoms. The number of benzene rings is 2. The molecule has 0 saturated carbocycles. The molecule has 2 N–H and O–H groups in total. The molecule has 0 atom stereocenters. The van der Waals surface area contributed by atoms with Gasteiger partial charge in [0.25, 0.3) is 0 Å². The third-order valence-corrected chi connectivity index (χ3v) is 3.82. The maximum Gasteiger partial charge on any atom is 0.205 e. The number of ether oxygens (including phenoxy) is 1. The summed E-state index contributed by atoms with van der Waals surface area (Å²) in [6.07, 6.45) is 0. The monoisotopic (exact) mass is 369 g/mol. The van der Waals surface area contributed by atoms with Crippen LogP contribution in [0.15, 0.2) is 34.8 Å². The molecule has 108 valence electrons. The zero-order valence-electron chi connectivity index (χ0n) is 10.9. The minimum atomic E-state index is -0.521. The van der Waals surface area contributed by atoms with Crippen LogP contribution in [-0.4, -0.2) is 16.7 Å². The molecule has 3 rings (SSSR count). The standard InChI is InChI=1S/C14H10BrClFN3O/c1-21-9-3-7(15)2-8(4-9)20-13-6-11(17)10(16)5-12(13)19-14(20)18/h2-6H,1H3,(H2,18,19). The third-order valence-electron chi connectivity index (χ3n) is 3.07. The molecule has 0 fully saturated rings. The number of methoxy groups -OCH3 is 1. The topological polar surface area (TPSA) is 53.1 Å². The van der Waals surface area contributed by atoms with Crippen LogP contribution in [-0.2, 0) is 0 Å². The zero-order chi connectivity index (χ0) is 15.1. The molecule has 0 amide bonds. The number of nitrogens with zero attached hydrogens (tertiary/aromatic N) is 2. The Balaban J connectivity index is 2.31. The summed E-state index contributed by atoms with van der Waals surface area (Å²) in [5, 5.41) is 0.0129. The van der Waals surface area contributed by atoms with Crippen molar-refractivity contribution in [1.29, 1.82) is 0 Å². The Bertz CT molecular complexity index is 850. The fraction of sp³-hybridized carbons (Fsp3) is 0.0714. The molecule has 1 aromatic heterocycles. The average Bonchev–Trinajstić information content (AvgIpc) is 2.74. The second-order valence-corrected chi connectivity index (χ2v) is 5.73. The van der Waals surface area contributed by atoms with E-state index in [9.17, 15) is 4.39 Å². The molecule has 2 aromatic carbocycles. The van der Waals surface area contributed by atoms with Gasteiger partial charge in [0.1, 0.15) is 11.6 Å². The van der Waals surface area contributed by atoms with Crippen molar-refractivity contribution in [2.45, 2.75) is 0 Å². The van der Waals surface area contributed by atoms with E-state index >= 15 is 0 Å². The first-order chi connectivity index (χ1) is 9.99. The first-order valence-corrected chi connectivity index (χ1v) is 7.14. The van der Waals surface area contributed by atoms with Gasteiger partial charge in [-0.25, -0.2) is 9.37 Å². The smallest absolute Gasteiger partial charge is 0.205 e. The molecule has 0 spiro atoms. The van der Waals surface area contributed by atoms with E-state index in [-0.39, 0.29) is 11.0 Å². The van der Waals surface area contributed by atoms with Crippen molar-refractivity contribution >= 4 is 44.5 Å². The van der Waals surface area contributed by atoms with Gasteiger partial charge < -0.3 is 10.5 Å². The van der Waals surface area contributed by atoms with Gasteiger partial charge in [-0.2, -0.15) is 0 Å². The number of fused-ring (bicyclic) bond motifs is 1. The Kier molecular flexibility index (Phi) is 3.51. The van der Waals surface area contributed by atoms with Crippen molar-refractivity contribution in [1.82, 2.24) is 9.55 Å². The third kappa shape index (κ3) is 2.45. The van der Waals surface area contributed by atoms with Gasteiger partial charge in [0, 0.05) is 16.6 Å². The van der Waals surface area contributed by atoms with E-state index in [1.165, 1.54) is 12.1 Å². The number of nitrogen functional groups attached to an aromatic ring is 1. The van der Waals surface area contributed by atoms with Crippen LogP contribution in [0.3, 0.4) is 0 Å². The van der Waals surface area contributed by atoms with Crippen LogP contribution in [0.4, 0.5) is 10.3 Å². The minimum absolute atomic E-state index is 0.0129. The number of imidazole rings is 1. The van der Waals surface area contributed by atoms with Crippen molar-refractivity contribution in [3.05, 3.63) is 45.6 Å². The van der Waals surface area contributed by atoms with Crippen LogP contribution in [0.5, 0.6) is 5.75 Å². The molecule has 4 nitrogen and oxygen atoms in total. The molecule has 7 heteroatoms. The molecule has 0 radical (unpaired) electrons. The van der Waals surface area contributed by atoms with E-state index in [0.29, 0.717) is 22.5 Å². The van der Waals surface area contributed by atoms with E-state index in [1.807, 2.05) is 12.1 Å². The lowest BCUT2D eigenvalue weighted by Crippen LogP contribution is -2.01. The normalized spacial score (nSPS) is 11.0.